The van der Waals surface area contributed by atoms with Gasteiger partial charge in [-0.1, -0.05) is 12.1 Å². The van der Waals surface area contributed by atoms with E-state index in [0.29, 0.717) is 12.2 Å². The van der Waals surface area contributed by atoms with Gasteiger partial charge in [-0.2, -0.15) is 0 Å². The Bertz CT molecular complexity index is 541. The van der Waals surface area contributed by atoms with Gasteiger partial charge in [0.25, 0.3) is 5.91 Å². The maximum Gasteiger partial charge on any atom is 0.327 e. The molecule has 1 aliphatic heterocycles. The molecule has 0 bridgehead atoms. The maximum atomic E-state index is 11.8. The number of nitrogens with one attached hydrogen (secondary N) is 1. The lowest BCUT2D eigenvalue weighted by atomic mass is 10.2. The highest BCUT2D eigenvalue weighted by Gasteiger charge is 2.34. The molecule has 0 atom stereocenters. The number of benzene rings is 1. The number of likely N-dealkylation sites (N-methyl/N-ethyl adjacent to an activating group) is 1. The van der Waals surface area contributed by atoms with Crippen molar-refractivity contribution < 1.29 is 14.4 Å². The van der Waals surface area contributed by atoms with Gasteiger partial charge in [0.05, 0.1) is 0 Å². The largest absolute Gasteiger partial charge is 0.327 e. The van der Waals surface area contributed by atoms with Crippen molar-refractivity contribution >= 4 is 23.5 Å². The van der Waals surface area contributed by atoms with Crippen LogP contribution in [-0.4, -0.2) is 47.8 Å². The molecule has 7 heteroatoms. The highest BCUT2D eigenvalue weighted by atomic mass is 16.2. The number of hydrogen-bond donors (Lipinski definition) is 2. The Morgan fingerprint density at radius 2 is 1.95 bits per heavy atom. The maximum absolute atomic E-state index is 11.8. The molecule has 20 heavy (non-hydrogen) atoms. The molecule has 1 aromatic carbocycles. The minimum Gasteiger partial charge on any atom is -0.326 e. The van der Waals surface area contributed by atoms with E-state index >= 15 is 0 Å². The molecule has 0 aliphatic carbocycles. The Morgan fingerprint density at radius 1 is 1.30 bits per heavy atom. The van der Waals surface area contributed by atoms with E-state index in [-0.39, 0.29) is 19.0 Å². The van der Waals surface area contributed by atoms with E-state index in [2.05, 4.69) is 5.32 Å². The Balaban J connectivity index is 1.95. The van der Waals surface area contributed by atoms with Crippen LogP contribution in [0.4, 0.5) is 10.5 Å². The summed E-state index contributed by atoms with van der Waals surface area (Å²) in [6.07, 6.45) is 0. The number of hydrogen-bond acceptors (Lipinski definition) is 4. The number of imide groups is 1. The lowest BCUT2D eigenvalue weighted by Crippen LogP contribution is -2.38. The van der Waals surface area contributed by atoms with E-state index < -0.39 is 11.9 Å². The van der Waals surface area contributed by atoms with Gasteiger partial charge in [-0.25, -0.2) is 4.79 Å². The first kappa shape index (κ1) is 14.0. The molecule has 4 amide bonds. The smallest absolute Gasteiger partial charge is 0.326 e. The summed E-state index contributed by atoms with van der Waals surface area (Å²) in [7, 11) is 1.52. The number of carbonyl (C=O) groups excluding carboxylic acids is 3. The number of urea groups is 1. The fourth-order valence-electron chi connectivity index (χ4n) is 1.89. The van der Waals surface area contributed by atoms with E-state index in [0.717, 1.165) is 10.5 Å². The molecule has 1 aromatic rings. The first-order chi connectivity index (χ1) is 9.51. The summed E-state index contributed by atoms with van der Waals surface area (Å²) in [4.78, 5) is 37.2. The summed E-state index contributed by atoms with van der Waals surface area (Å²) in [6, 6.07) is 6.59. The summed E-state index contributed by atoms with van der Waals surface area (Å²) in [5.41, 5.74) is 7.03. The highest BCUT2D eigenvalue weighted by Crippen LogP contribution is 2.11. The molecule has 2 rings (SSSR count). The van der Waals surface area contributed by atoms with Gasteiger partial charge in [-0.05, 0) is 17.7 Å². The molecule has 0 spiro atoms. The van der Waals surface area contributed by atoms with Crippen LogP contribution in [0, 0.1) is 0 Å². The average Bonchev–Trinajstić information content (AvgIpc) is 2.66. The fourth-order valence-corrected chi connectivity index (χ4v) is 1.89. The Kier molecular flexibility index (Phi) is 3.99. The zero-order valence-electron chi connectivity index (χ0n) is 11.1. The summed E-state index contributed by atoms with van der Waals surface area (Å²) in [6.45, 7) is 0.162. The molecule has 1 aliphatic rings. The normalized spacial score (nSPS) is 14.9. The molecular weight excluding hydrogens is 260 g/mol. The fraction of sp³-hybridized carbons (Fsp3) is 0.308. The summed E-state index contributed by atoms with van der Waals surface area (Å²) in [5, 5.41) is 2.63. The van der Waals surface area contributed by atoms with Crippen LogP contribution < -0.4 is 11.1 Å². The van der Waals surface area contributed by atoms with Gasteiger partial charge in [0.1, 0.15) is 13.1 Å². The third kappa shape index (κ3) is 2.94. The predicted molar refractivity (Wildman–Crippen MR) is 72.7 cm³/mol. The van der Waals surface area contributed by atoms with Crippen LogP contribution in [-0.2, 0) is 16.1 Å². The number of carbonyl (C=O) groups is 3. The van der Waals surface area contributed by atoms with Gasteiger partial charge in [0.2, 0.25) is 5.91 Å². The molecular formula is C13H16N4O3. The average molecular weight is 276 g/mol. The Hall–Kier alpha value is -2.41. The van der Waals surface area contributed by atoms with Crippen LogP contribution in [0.2, 0.25) is 0 Å². The van der Waals surface area contributed by atoms with Crippen molar-refractivity contribution in [3.05, 3.63) is 29.8 Å². The van der Waals surface area contributed by atoms with E-state index in [1.807, 2.05) is 0 Å². The number of anilines is 1. The molecule has 0 radical (unpaired) electrons. The lowest BCUT2D eigenvalue weighted by molar-refractivity contribution is -0.129. The van der Waals surface area contributed by atoms with Crippen molar-refractivity contribution in [3.8, 4) is 0 Å². The molecule has 3 N–H and O–H groups in total. The summed E-state index contributed by atoms with van der Waals surface area (Å²) >= 11 is 0. The summed E-state index contributed by atoms with van der Waals surface area (Å²) in [5.74, 6) is -0.784. The van der Waals surface area contributed by atoms with Gasteiger partial charge in [0.15, 0.2) is 0 Å². The monoisotopic (exact) mass is 276 g/mol. The second-order valence-electron chi connectivity index (χ2n) is 4.57. The van der Waals surface area contributed by atoms with Crippen molar-refractivity contribution in [1.29, 1.82) is 0 Å². The molecule has 1 fully saturated rings. The van der Waals surface area contributed by atoms with Crippen molar-refractivity contribution in [2.45, 2.75) is 6.54 Å². The van der Waals surface area contributed by atoms with Crippen LogP contribution in [0.25, 0.3) is 0 Å². The van der Waals surface area contributed by atoms with Gasteiger partial charge in [-0.15, -0.1) is 0 Å². The number of nitrogens with two attached hydrogens (primary N) is 1. The first-order valence-electron chi connectivity index (χ1n) is 6.15. The number of rotatable bonds is 4. The molecule has 0 saturated carbocycles. The van der Waals surface area contributed by atoms with Gasteiger partial charge < -0.3 is 16.0 Å². The third-order valence-electron chi connectivity index (χ3n) is 3.01. The van der Waals surface area contributed by atoms with Crippen molar-refractivity contribution in [2.24, 2.45) is 5.73 Å². The number of nitrogens with zero attached hydrogens (tertiary/aromatic N) is 2. The Labute approximate surface area is 116 Å². The zero-order chi connectivity index (χ0) is 14.7. The third-order valence-corrected chi connectivity index (χ3v) is 3.01. The Morgan fingerprint density at radius 3 is 2.45 bits per heavy atom. The van der Waals surface area contributed by atoms with E-state index in [4.69, 9.17) is 5.73 Å². The van der Waals surface area contributed by atoms with Gasteiger partial charge in [0, 0.05) is 19.3 Å². The lowest BCUT2D eigenvalue weighted by Gasteiger charge is -2.14. The SMILES string of the molecule is CN1CC(=O)N(CC(=O)Nc2ccc(CN)cc2)C1=O. The summed E-state index contributed by atoms with van der Waals surface area (Å²) < 4.78 is 0. The van der Waals surface area contributed by atoms with Gasteiger partial charge in [-0.3, -0.25) is 14.5 Å². The first-order valence-corrected chi connectivity index (χ1v) is 6.15. The minimum atomic E-state index is -0.455. The van der Waals surface area contributed by atoms with Crippen LogP contribution in [0.15, 0.2) is 24.3 Å². The van der Waals surface area contributed by atoms with Crippen molar-refractivity contribution in [1.82, 2.24) is 9.80 Å². The topological polar surface area (TPSA) is 95.7 Å². The van der Waals surface area contributed by atoms with Crippen LogP contribution in [0.1, 0.15) is 5.56 Å². The standard InChI is InChI=1S/C13H16N4O3/c1-16-8-12(19)17(13(16)20)7-11(18)15-10-4-2-9(6-14)3-5-10/h2-5H,6-8,14H2,1H3,(H,15,18). The van der Waals surface area contributed by atoms with Crippen LogP contribution >= 0.6 is 0 Å². The highest BCUT2D eigenvalue weighted by molar-refractivity contribution is 6.06. The predicted octanol–water partition coefficient (Wildman–Crippen LogP) is -0.0222. The van der Waals surface area contributed by atoms with E-state index in [9.17, 15) is 14.4 Å². The second kappa shape index (κ2) is 5.70. The molecule has 0 aromatic heterocycles. The minimum absolute atomic E-state index is 0.0112. The zero-order valence-corrected chi connectivity index (χ0v) is 11.1. The molecule has 106 valence electrons. The number of amides is 4. The second-order valence-corrected chi connectivity index (χ2v) is 4.57. The van der Waals surface area contributed by atoms with Crippen LogP contribution in [0.5, 0.6) is 0 Å². The van der Waals surface area contributed by atoms with E-state index in [1.165, 1.54) is 11.9 Å². The molecule has 0 unspecified atom stereocenters. The molecule has 7 nitrogen and oxygen atoms in total. The molecule has 1 heterocycles. The molecule has 1 saturated heterocycles. The van der Waals surface area contributed by atoms with Gasteiger partial charge >= 0.3 is 6.03 Å². The quantitative estimate of drug-likeness (QED) is 0.755. The van der Waals surface area contributed by atoms with E-state index in [1.54, 1.807) is 24.3 Å². The van der Waals surface area contributed by atoms with Crippen molar-refractivity contribution in [3.63, 3.8) is 0 Å². The van der Waals surface area contributed by atoms with Crippen molar-refractivity contribution in [2.75, 3.05) is 25.5 Å². The van der Waals surface area contributed by atoms with Crippen LogP contribution in [0.3, 0.4) is 0 Å².